The first-order valence-corrected chi connectivity index (χ1v) is 36.5. The highest BCUT2D eigenvalue weighted by Gasteiger charge is 2.88. The number of aliphatic hydroxyl groups is 6. The molecule has 0 aromatic heterocycles. The second-order valence-corrected chi connectivity index (χ2v) is 35.3. The number of hydrogen-bond donors (Lipinski definition) is 8. The quantitative estimate of drug-likeness (QED) is 0.0450. The molecule has 12 nitrogen and oxygen atoms in total. The molecule has 3 heterocycles. The molecule has 1 aromatic rings. The van der Waals surface area contributed by atoms with E-state index in [9.17, 15) is 30.3 Å². The average Bonchev–Trinajstić information content (AvgIpc) is 1.54. The molecule has 5 spiro atoms. The maximum absolute atomic E-state index is 17.6. The molecule has 18 rings (SSSR count). The molecular formula is C79H104N2O10. The summed E-state index contributed by atoms with van der Waals surface area (Å²) in [5.41, 5.74) is 3.08. The molecule has 0 radical (unpaired) electrons. The number of dihydropyridines is 1. The minimum atomic E-state index is -1.47. The number of aliphatic hydroxyl groups excluding tert-OH is 4. The predicted molar refractivity (Wildman–Crippen MR) is 346 cm³/mol. The van der Waals surface area contributed by atoms with Crippen molar-refractivity contribution in [3.05, 3.63) is 93.9 Å². The number of rotatable bonds is 11. The number of benzene rings is 1. The summed E-state index contributed by atoms with van der Waals surface area (Å²) in [4.78, 5) is 31.1. The monoisotopic (exact) mass is 1240 g/mol. The minimum absolute atomic E-state index is 0.0555. The van der Waals surface area contributed by atoms with E-state index < -0.39 is 91.0 Å². The van der Waals surface area contributed by atoms with Crippen LogP contribution < -0.4 is 11.1 Å². The number of carbonyl (C=O) groups is 2. The lowest BCUT2D eigenvalue weighted by atomic mass is 9.28. The van der Waals surface area contributed by atoms with E-state index in [1.54, 1.807) is 0 Å². The van der Waals surface area contributed by atoms with Crippen molar-refractivity contribution in [2.45, 2.75) is 236 Å². The second kappa shape index (κ2) is 20.1. The fraction of sp³-hybridized carbons (Fsp3) is 0.747. The van der Waals surface area contributed by atoms with Gasteiger partial charge in [-0.3, -0.25) is 4.79 Å². The number of fused-ring (bicyclic) bond motifs is 3. The molecule has 91 heavy (non-hydrogen) atoms. The first kappa shape index (κ1) is 60.7. The SMILES string of the molecule is CC1CCOC(C2OC2C(C)(O)C(C)(CO)CCC2=CCNC(N)=C2)(C2CC3CCC4=C5C6C(CCc7ccccc7CC#CC7C8(CCC9(CCCC9)C8)CC89C=CC%10C(O)CC78C6(CC(C6(CO)CC(C=O)CC67CCCC7O)=C9)C%10C4=O)CC2(C)C53O)C1. The first-order chi connectivity index (χ1) is 43.6. The highest BCUT2D eigenvalue weighted by atomic mass is 16.6. The summed E-state index contributed by atoms with van der Waals surface area (Å²) in [6.45, 7) is 9.25. The average molecular weight is 1240 g/mol. The summed E-state index contributed by atoms with van der Waals surface area (Å²) < 4.78 is 14.7. The molecule has 14 aliphatic carbocycles. The van der Waals surface area contributed by atoms with Crippen LogP contribution in [0.2, 0.25) is 0 Å². The van der Waals surface area contributed by atoms with Gasteiger partial charge in [-0.25, -0.2) is 0 Å². The van der Waals surface area contributed by atoms with Crippen molar-refractivity contribution in [2.24, 2.45) is 108 Å². The van der Waals surface area contributed by atoms with Crippen LogP contribution in [-0.2, 0) is 31.9 Å². The highest BCUT2D eigenvalue weighted by Crippen LogP contribution is 2.90. The molecule has 8 saturated carbocycles. The second-order valence-electron chi connectivity index (χ2n) is 35.3. The van der Waals surface area contributed by atoms with Gasteiger partial charge in [0, 0.05) is 75.7 Å². The van der Waals surface area contributed by atoms with Gasteiger partial charge in [-0.2, -0.15) is 0 Å². The van der Waals surface area contributed by atoms with Crippen LogP contribution >= 0.6 is 0 Å². The van der Waals surface area contributed by atoms with Gasteiger partial charge in [0.05, 0.1) is 42.4 Å². The summed E-state index contributed by atoms with van der Waals surface area (Å²) in [7, 11) is 0. The number of aldehydes is 1. The molecule has 12 heteroatoms. The minimum Gasteiger partial charge on any atom is -0.396 e. The number of ether oxygens (including phenoxy) is 2. The van der Waals surface area contributed by atoms with Crippen LogP contribution in [0, 0.1) is 114 Å². The molecule has 17 aliphatic rings. The fourth-order valence-electron chi connectivity index (χ4n) is 28.2. The Morgan fingerprint density at radius 2 is 1.74 bits per heavy atom. The van der Waals surface area contributed by atoms with Crippen molar-refractivity contribution < 1.29 is 49.7 Å². The van der Waals surface area contributed by atoms with Crippen LogP contribution in [0.25, 0.3) is 0 Å². The summed E-state index contributed by atoms with van der Waals surface area (Å²) in [6.07, 6.45) is 30.5. The third kappa shape index (κ3) is 7.49. The smallest absolute Gasteiger partial charge is 0.163 e. The molecule has 1 aromatic carbocycles. The fourth-order valence-corrected chi connectivity index (χ4v) is 28.2. The molecule has 490 valence electrons. The lowest BCUT2D eigenvalue weighted by Gasteiger charge is -2.75. The summed E-state index contributed by atoms with van der Waals surface area (Å²) in [5, 5.41) is 82.6. The highest BCUT2D eigenvalue weighted by molar-refractivity contribution is 6.01. The number of Topliss-reactive ketones (excluding diaryl/α,β-unsaturated/α-hetero) is 1. The van der Waals surface area contributed by atoms with Gasteiger partial charge in [0.1, 0.15) is 24.1 Å². The van der Waals surface area contributed by atoms with Crippen LogP contribution in [0.3, 0.4) is 0 Å². The Hall–Kier alpha value is -3.90. The Bertz CT molecular complexity index is 3470. The van der Waals surface area contributed by atoms with Crippen LogP contribution in [0.5, 0.6) is 0 Å². The Kier molecular flexibility index (Phi) is 13.4. The van der Waals surface area contributed by atoms with E-state index in [4.69, 9.17) is 15.2 Å². The predicted octanol–water partition coefficient (Wildman–Crippen LogP) is 10.4. The standard InChI is InChI=1S/C79H104N2O10/c1-47-23-32-90-77(35-47,67-66(91-67)70(4,88)68(2,45-83)27-20-48-22-31-81-61(80)33-48)59-34-53-18-19-56-63-62-52(38-69(59,3)79(53,63)89)17-16-51-12-6-5-11-50(51)13-9-14-58-72(30-29-71(43-72)24-7-8-25-71)44-73-28-21-55-57(85)41-78(58,73)76(62,64(55)65(56)87)40-54(39-73)75(46-84)37-49(42-82)36-74(75)26-10-15-60(74)86/h5-6,11-12,21-22,28,33,39,42,47,49,52-53,55,57-60,62,64,66-67,81,83-86,88-89H,7-8,10,13,15-20,23-27,29-32,34-38,40-41,43-46,80H2,1-4H3. The number of allylic oxidation sites excluding steroid dienone is 5. The van der Waals surface area contributed by atoms with Crippen molar-refractivity contribution in [3.8, 4) is 11.8 Å². The molecular weight excluding hydrogens is 1140 g/mol. The molecule has 3 aliphatic heterocycles. The zero-order chi connectivity index (χ0) is 62.9. The van der Waals surface area contributed by atoms with Gasteiger partial charge in [0.25, 0.3) is 0 Å². The van der Waals surface area contributed by atoms with Gasteiger partial charge >= 0.3 is 0 Å². The van der Waals surface area contributed by atoms with Gasteiger partial charge in [-0.15, -0.1) is 0 Å². The zero-order valence-corrected chi connectivity index (χ0v) is 54.9. The molecule has 2 saturated heterocycles. The van der Waals surface area contributed by atoms with Crippen LogP contribution in [0.15, 0.2) is 82.8 Å². The third-order valence-electron chi connectivity index (χ3n) is 32.0. The van der Waals surface area contributed by atoms with E-state index in [0.717, 1.165) is 86.4 Å². The molecule has 10 fully saturated rings. The van der Waals surface area contributed by atoms with Crippen LogP contribution in [0.1, 0.15) is 193 Å². The number of epoxide rings is 1. The first-order valence-electron chi connectivity index (χ1n) is 36.5. The Morgan fingerprint density at radius 3 is 2.48 bits per heavy atom. The van der Waals surface area contributed by atoms with Crippen molar-refractivity contribution in [2.75, 3.05) is 26.4 Å². The molecule has 24 unspecified atom stereocenters. The third-order valence-corrected chi connectivity index (χ3v) is 32.0. The molecule has 0 amide bonds. The van der Waals surface area contributed by atoms with E-state index in [2.05, 4.69) is 79.6 Å². The lowest BCUT2D eigenvalue weighted by molar-refractivity contribution is -0.244. The number of carbonyl (C=O) groups excluding carboxylic acids is 2. The normalized spacial score (nSPS) is 50.3. The summed E-state index contributed by atoms with van der Waals surface area (Å²) in [5.74, 6) is 6.91. The van der Waals surface area contributed by atoms with Gasteiger partial charge in [-0.05, 0) is 228 Å². The number of nitrogens with two attached hydrogens (primary N) is 1. The lowest BCUT2D eigenvalue weighted by Crippen LogP contribution is -2.75. The Morgan fingerprint density at radius 1 is 0.923 bits per heavy atom. The largest absolute Gasteiger partial charge is 0.396 e. The molecule has 4 bridgehead atoms. The molecule has 9 N–H and O–H groups in total. The van der Waals surface area contributed by atoms with Gasteiger partial charge < -0.3 is 56.0 Å². The molecule has 24 atom stereocenters. The van der Waals surface area contributed by atoms with Crippen LogP contribution in [-0.4, -0.2) is 110 Å². The zero-order valence-electron chi connectivity index (χ0n) is 54.9. The van der Waals surface area contributed by atoms with Crippen molar-refractivity contribution in [3.63, 3.8) is 0 Å². The van der Waals surface area contributed by atoms with E-state index in [-0.39, 0.29) is 71.3 Å². The van der Waals surface area contributed by atoms with Gasteiger partial charge in [0.2, 0.25) is 0 Å². The van der Waals surface area contributed by atoms with E-state index in [1.807, 2.05) is 19.9 Å². The van der Waals surface area contributed by atoms with E-state index in [0.29, 0.717) is 102 Å². The van der Waals surface area contributed by atoms with Gasteiger partial charge in [-0.1, -0.05) is 106 Å². The van der Waals surface area contributed by atoms with Crippen molar-refractivity contribution in [1.29, 1.82) is 0 Å². The van der Waals surface area contributed by atoms with Crippen LogP contribution in [0.4, 0.5) is 0 Å². The van der Waals surface area contributed by atoms with E-state index in [1.165, 1.54) is 36.8 Å². The van der Waals surface area contributed by atoms with Crippen molar-refractivity contribution >= 4 is 12.1 Å². The number of nitrogens with one attached hydrogen (secondary N) is 1. The topological polar surface area (TPSA) is 215 Å². The number of ketones is 1. The Labute approximate surface area is 540 Å². The number of aryl methyl sites for hydroxylation is 1. The van der Waals surface area contributed by atoms with Gasteiger partial charge in [0.15, 0.2) is 5.78 Å². The summed E-state index contributed by atoms with van der Waals surface area (Å²) >= 11 is 0. The summed E-state index contributed by atoms with van der Waals surface area (Å²) in [6, 6.07) is 8.95. The number of hydrogen-bond acceptors (Lipinski definition) is 12. The maximum atomic E-state index is 17.6. The van der Waals surface area contributed by atoms with Crippen molar-refractivity contribution in [1.82, 2.24) is 5.32 Å². The maximum Gasteiger partial charge on any atom is 0.163 e. The van der Waals surface area contributed by atoms with E-state index >= 15 is 9.90 Å². The Balaban J connectivity index is 0.885.